The van der Waals surface area contributed by atoms with Gasteiger partial charge < -0.3 is 9.31 Å². The summed E-state index contributed by atoms with van der Waals surface area (Å²) in [5, 5.41) is 0. The van der Waals surface area contributed by atoms with E-state index in [0.717, 1.165) is 22.6 Å². The molecule has 0 aliphatic rings. The first-order valence-electron chi connectivity index (χ1n) is 5.53. The summed E-state index contributed by atoms with van der Waals surface area (Å²) in [7, 11) is 1.37. The zero-order valence-electron chi connectivity index (χ0n) is 10.0. The van der Waals surface area contributed by atoms with Crippen LogP contribution >= 0.6 is 0 Å². The molecule has 3 heteroatoms. The second kappa shape index (κ2) is 5.44. The lowest BCUT2D eigenvalue weighted by Crippen LogP contribution is -2.12. The highest BCUT2D eigenvalue weighted by Gasteiger charge is 2.04. The summed E-state index contributed by atoms with van der Waals surface area (Å²) < 4.78 is 10.9. The lowest BCUT2D eigenvalue weighted by atomic mass is 10.2. The topological polar surface area (TPSA) is 18.5 Å². The van der Waals surface area contributed by atoms with E-state index < -0.39 is 0 Å². The molecule has 0 atom stereocenters. The number of benzene rings is 2. The molecule has 85 valence electrons. The summed E-state index contributed by atoms with van der Waals surface area (Å²) in [6, 6.07) is 15.6. The first-order chi connectivity index (χ1) is 8.27. The van der Waals surface area contributed by atoms with Gasteiger partial charge in [-0.2, -0.15) is 0 Å². The van der Waals surface area contributed by atoms with Crippen LogP contribution in [-0.2, 0) is 0 Å². The van der Waals surface area contributed by atoms with Crippen LogP contribution in [0.5, 0.6) is 11.5 Å². The van der Waals surface area contributed by atoms with Gasteiger partial charge in [0, 0.05) is 0 Å². The van der Waals surface area contributed by atoms with Gasteiger partial charge in [0.15, 0.2) is 0 Å². The van der Waals surface area contributed by atoms with E-state index >= 15 is 0 Å². The van der Waals surface area contributed by atoms with Gasteiger partial charge in [0.25, 0.3) is 0 Å². The van der Waals surface area contributed by atoms with Crippen molar-refractivity contribution in [3.63, 3.8) is 0 Å². The van der Waals surface area contributed by atoms with Crippen LogP contribution in [0.15, 0.2) is 48.5 Å². The molecule has 17 heavy (non-hydrogen) atoms. The van der Waals surface area contributed by atoms with Gasteiger partial charge in [0.05, 0.1) is 0 Å². The normalized spacial score (nSPS) is 9.76. The predicted molar refractivity (Wildman–Crippen MR) is 69.4 cm³/mol. The summed E-state index contributed by atoms with van der Waals surface area (Å²) >= 11 is 0. The van der Waals surface area contributed by atoms with Crippen LogP contribution in [0.25, 0.3) is 0 Å². The molecule has 2 aromatic rings. The number of hydrogen-bond acceptors (Lipinski definition) is 2. The minimum atomic E-state index is 0.807. The van der Waals surface area contributed by atoms with Crippen molar-refractivity contribution < 1.29 is 9.31 Å². The van der Waals surface area contributed by atoms with Crippen LogP contribution in [0.3, 0.4) is 0 Å². The van der Waals surface area contributed by atoms with E-state index in [2.05, 4.69) is 0 Å². The Bertz CT molecular complexity index is 452. The van der Waals surface area contributed by atoms with Crippen molar-refractivity contribution in [1.82, 2.24) is 0 Å². The fraction of sp³-hybridized carbons (Fsp3) is 0.143. The first kappa shape index (κ1) is 11.6. The number of para-hydroxylation sites is 2. The molecule has 0 heterocycles. The molecule has 1 radical (unpaired) electrons. The Morgan fingerprint density at radius 3 is 1.53 bits per heavy atom. The van der Waals surface area contributed by atoms with Gasteiger partial charge in [-0.25, -0.2) is 0 Å². The van der Waals surface area contributed by atoms with Crippen LogP contribution < -0.4 is 9.31 Å². The molecule has 0 fully saturated rings. The Labute approximate surface area is 103 Å². The monoisotopic (exact) mass is 225 g/mol. The second-order valence-electron chi connectivity index (χ2n) is 3.86. The zero-order valence-corrected chi connectivity index (χ0v) is 10.0. The Morgan fingerprint density at radius 2 is 1.12 bits per heavy atom. The van der Waals surface area contributed by atoms with E-state index in [0.29, 0.717) is 0 Å². The highest BCUT2D eigenvalue weighted by atomic mass is 16.6. The molecule has 0 amide bonds. The fourth-order valence-electron chi connectivity index (χ4n) is 1.51. The van der Waals surface area contributed by atoms with Crippen molar-refractivity contribution in [3.8, 4) is 11.5 Å². The third-order valence-electron chi connectivity index (χ3n) is 2.54. The minimum absolute atomic E-state index is 0.807. The molecule has 2 aromatic carbocycles. The van der Waals surface area contributed by atoms with Gasteiger partial charge in [-0.3, -0.25) is 0 Å². The Hall–Kier alpha value is -1.90. The Kier molecular flexibility index (Phi) is 3.71. The molecule has 2 nitrogen and oxygen atoms in total. The van der Waals surface area contributed by atoms with E-state index in [1.54, 1.807) is 0 Å². The van der Waals surface area contributed by atoms with Crippen LogP contribution in [0.2, 0.25) is 0 Å². The molecule has 0 saturated carbocycles. The molecule has 0 N–H and O–H groups in total. The Balaban J connectivity index is 1.93. The van der Waals surface area contributed by atoms with Crippen molar-refractivity contribution in [1.29, 1.82) is 0 Å². The van der Waals surface area contributed by atoms with Gasteiger partial charge >= 0.3 is 7.69 Å². The maximum atomic E-state index is 5.45. The van der Waals surface area contributed by atoms with Crippen molar-refractivity contribution in [2.45, 2.75) is 13.8 Å². The molecule has 0 saturated heterocycles. The quantitative estimate of drug-likeness (QED) is 0.743. The van der Waals surface area contributed by atoms with Crippen molar-refractivity contribution >= 4 is 7.69 Å². The number of rotatable bonds is 4. The fourth-order valence-corrected chi connectivity index (χ4v) is 1.51. The van der Waals surface area contributed by atoms with Gasteiger partial charge in [-0.1, -0.05) is 36.4 Å². The summed E-state index contributed by atoms with van der Waals surface area (Å²) in [5.74, 6) is 1.61. The van der Waals surface area contributed by atoms with Gasteiger partial charge in [-0.15, -0.1) is 0 Å². The third-order valence-corrected chi connectivity index (χ3v) is 2.54. The molecule has 0 spiro atoms. The van der Waals surface area contributed by atoms with Crippen LogP contribution in [0, 0.1) is 13.8 Å². The molecule has 0 aliphatic carbocycles. The zero-order chi connectivity index (χ0) is 12.1. The van der Waals surface area contributed by atoms with Crippen LogP contribution in [0.1, 0.15) is 11.1 Å². The Morgan fingerprint density at radius 1 is 0.706 bits per heavy atom. The molecule has 2 rings (SSSR count). The first-order valence-corrected chi connectivity index (χ1v) is 5.53. The molecular weight excluding hydrogens is 211 g/mol. The molecular formula is C14H14BO2. The highest BCUT2D eigenvalue weighted by molar-refractivity contribution is 6.20. The van der Waals surface area contributed by atoms with Gasteiger partial charge in [0.1, 0.15) is 11.5 Å². The molecule has 0 unspecified atom stereocenters. The van der Waals surface area contributed by atoms with E-state index in [1.807, 2.05) is 62.4 Å². The molecule has 0 bridgehead atoms. The second-order valence-corrected chi connectivity index (χ2v) is 3.86. The maximum Gasteiger partial charge on any atom is 0.658 e. The largest absolute Gasteiger partial charge is 0.658 e. The number of aryl methyl sites for hydroxylation is 2. The summed E-state index contributed by atoms with van der Waals surface area (Å²) in [6.07, 6.45) is 0. The van der Waals surface area contributed by atoms with Crippen molar-refractivity contribution in [3.05, 3.63) is 59.7 Å². The van der Waals surface area contributed by atoms with E-state index in [-0.39, 0.29) is 0 Å². The van der Waals surface area contributed by atoms with E-state index in [4.69, 9.17) is 9.31 Å². The smallest absolute Gasteiger partial charge is 0.526 e. The SMILES string of the molecule is Cc1ccccc1O[B]Oc1ccccc1C. The van der Waals surface area contributed by atoms with Gasteiger partial charge in [0.2, 0.25) is 0 Å². The molecule has 0 aromatic heterocycles. The lowest BCUT2D eigenvalue weighted by molar-refractivity contribution is 0.455. The van der Waals surface area contributed by atoms with E-state index in [1.165, 1.54) is 7.69 Å². The average molecular weight is 225 g/mol. The summed E-state index contributed by atoms with van der Waals surface area (Å²) in [4.78, 5) is 0. The lowest BCUT2D eigenvalue weighted by Gasteiger charge is -2.09. The highest BCUT2D eigenvalue weighted by Crippen LogP contribution is 2.18. The standard InChI is InChI=1S/C14H14BO2/c1-11-7-3-5-9-13(11)16-15-17-14-10-6-4-8-12(14)2/h3-10H,1-2H3. The summed E-state index contributed by atoms with van der Waals surface area (Å²) in [5.41, 5.74) is 2.16. The van der Waals surface area contributed by atoms with Gasteiger partial charge in [-0.05, 0) is 37.1 Å². The van der Waals surface area contributed by atoms with Crippen molar-refractivity contribution in [2.24, 2.45) is 0 Å². The predicted octanol–water partition coefficient (Wildman–Crippen LogP) is 3.30. The summed E-state index contributed by atoms with van der Waals surface area (Å²) in [6.45, 7) is 3.99. The average Bonchev–Trinajstić information content (AvgIpc) is 2.34. The minimum Gasteiger partial charge on any atom is -0.526 e. The molecule has 0 aliphatic heterocycles. The number of hydrogen-bond donors (Lipinski definition) is 0. The third kappa shape index (κ3) is 3.03. The van der Waals surface area contributed by atoms with E-state index in [9.17, 15) is 0 Å². The maximum absolute atomic E-state index is 5.45. The van der Waals surface area contributed by atoms with Crippen LogP contribution in [0.4, 0.5) is 0 Å². The van der Waals surface area contributed by atoms with Crippen molar-refractivity contribution in [2.75, 3.05) is 0 Å². The van der Waals surface area contributed by atoms with Crippen LogP contribution in [-0.4, -0.2) is 7.69 Å².